The Morgan fingerprint density at radius 3 is 2.19 bits per heavy atom. The lowest BCUT2D eigenvalue weighted by Gasteiger charge is -2.18. The molecule has 2 fully saturated rings. The number of amides is 3. The van der Waals surface area contributed by atoms with Crippen molar-refractivity contribution in [3.63, 3.8) is 0 Å². The van der Waals surface area contributed by atoms with E-state index in [-0.39, 0.29) is 46.8 Å². The summed E-state index contributed by atoms with van der Waals surface area (Å²) in [6.45, 7) is 0. The molecule has 130 valence electrons. The van der Waals surface area contributed by atoms with Crippen molar-refractivity contribution in [2.45, 2.75) is 6.42 Å². The highest BCUT2D eigenvalue weighted by Crippen LogP contribution is 2.52. The van der Waals surface area contributed by atoms with Gasteiger partial charge in [0.2, 0.25) is 0 Å². The van der Waals surface area contributed by atoms with Crippen LogP contribution in [0, 0.1) is 23.7 Å². The predicted octanol–water partition coefficient (Wildman–Crippen LogP) is 2.00. The fourth-order valence-electron chi connectivity index (χ4n) is 4.58. The number of allylic oxidation sites excluding steroid dienone is 2. The first-order valence-corrected chi connectivity index (χ1v) is 8.63. The van der Waals surface area contributed by atoms with E-state index < -0.39 is 5.91 Å². The number of hydrazine groups is 1. The van der Waals surface area contributed by atoms with E-state index in [0.29, 0.717) is 0 Å². The molecule has 6 nitrogen and oxygen atoms in total. The zero-order valence-corrected chi connectivity index (χ0v) is 13.8. The van der Waals surface area contributed by atoms with E-state index in [2.05, 4.69) is 5.43 Å². The second-order valence-electron chi connectivity index (χ2n) is 7.17. The summed E-state index contributed by atoms with van der Waals surface area (Å²) in [5.41, 5.74) is 2.44. The topological polar surface area (TPSA) is 86.7 Å². The second-order valence-corrected chi connectivity index (χ2v) is 7.17. The van der Waals surface area contributed by atoms with Crippen molar-refractivity contribution in [1.82, 2.24) is 10.4 Å². The number of imide groups is 1. The number of nitrogens with zero attached hydrogens (tertiary/aromatic N) is 1. The number of hydrogen-bond donors (Lipinski definition) is 2. The number of benzene rings is 2. The average Bonchev–Trinajstić information content (AvgIpc) is 3.31. The van der Waals surface area contributed by atoms with Crippen molar-refractivity contribution in [1.29, 1.82) is 0 Å². The van der Waals surface area contributed by atoms with Crippen LogP contribution in [0.25, 0.3) is 10.8 Å². The number of hydrogen-bond acceptors (Lipinski definition) is 4. The van der Waals surface area contributed by atoms with Crippen LogP contribution in [-0.4, -0.2) is 27.8 Å². The van der Waals surface area contributed by atoms with Crippen LogP contribution in [0.4, 0.5) is 0 Å². The Morgan fingerprint density at radius 1 is 1.00 bits per heavy atom. The molecule has 2 aromatic rings. The number of aromatic hydroxyl groups is 1. The summed E-state index contributed by atoms with van der Waals surface area (Å²) in [7, 11) is 0. The van der Waals surface area contributed by atoms with Crippen LogP contribution in [0.5, 0.6) is 5.75 Å². The molecule has 2 N–H and O–H groups in total. The Hall–Kier alpha value is -3.15. The van der Waals surface area contributed by atoms with E-state index in [9.17, 15) is 19.5 Å². The highest BCUT2D eigenvalue weighted by atomic mass is 16.3. The van der Waals surface area contributed by atoms with E-state index in [0.717, 1.165) is 22.2 Å². The van der Waals surface area contributed by atoms with Gasteiger partial charge in [-0.2, -0.15) is 5.01 Å². The van der Waals surface area contributed by atoms with Gasteiger partial charge in [0.1, 0.15) is 5.75 Å². The molecule has 1 aliphatic heterocycles. The summed E-state index contributed by atoms with van der Waals surface area (Å²) >= 11 is 0. The van der Waals surface area contributed by atoms with Gasteiger partial charge < -0.3 is 5.11 Å². The van der Waals surface area contributed by atoms with Gasteiger partial charge in [0.25, 0.3) is 17.7 Å². The molecular formula is C20H16N2O4. The Balaban J connectivity index is 1.44. The maximum absolute atomic E-state index is 12.6. The summed E-state index contributed by atoms with van der Waals surface area (Å²) in [4.78, 5) is 37.9. The minimum absolute atomic E-state index is 0.0301. The van der Waals surface area contributed by atoms with Crippen LogP contribution >= 0.6 is 0 Å². The molecule has 3 aliphatic rings. The van der Waals surface area contributed by atoms with Crippen LogP contribution < -0.4 is 5.43 Å². The Bertz CT molecular complexity index is 982. The number of rotatable bonds is 2. The number of fused-ring (bicyclic) bond motifs is 6. The number of phenols is 1. The molecule has 1 heterocycles. The molecular weight excluding hydrogens is 332 g/mol. The molecule has 6 heteroatoms. The summed E-state index contributed by atoms with van der Waals surface area (Å²) < 4.78 is 0. The SMILES string of the molecule is O=C(NN1C(=O)[C@@H]2[C@H](C1=O)[C@@H]1C=C[C@H]2C1)c1cc2ccccc2cc1O. The van der Waals surface area contributed by atoms with Crippen molar-refractivity contribution in [2.24, 2.45) is 23.7 Å². The minimum atomic E-state index is -0.671. The van der Waals surface area contributed by atoms with E-state index in [1.807, 2.05) is 36.4 Å². The lowest BCUT2D eigenvalue weighted by atomic mass is 9.85. The van der Waals surface area contributed by atoms with Crippen molar-refractivity contribution in [3.05, 3.63) is 54.1 Å². The summed E-state index contributed by atoms with van der Waals surface area (Å²) in [5.74, 6) is -2.16. The molecule has 5 rings (SSSR count). The highest BCUT2D eigenvalue weighted by molar-refractivity contribution is 6.09. The third-order valence-corrected chi connectivity index (χ3v) is 5.79. The Kier molecular flexibility index (Phi) is 3.01. The van der Waals surface area contributed by atoms with Crippen LogP contribution in [-0.2, 0) is 9.59 Å². The molecule has 26 heavy (non-hydrogen) atoms. The van der Waals surface area contributed by atoms with Crippen LogP contribution in [0.15, 0.2) is 48.6 Å². The summed E-state index contributed by atoms with van der Waals surface area (Å²) in [5, 5.41) is 12.6. The van der Waals surface area contributed by atoms with Gasteiger partial charge >= 0.3 is 0 Å². The molecule has 0 aromatic heterocycles. The normalized spacial score (nSPS) is 28.8. The first kappa shape index (κ1) is 15.1. The molecule has 1 saturated carbocycles. The summed E-state index contributed by atoms with van der Waals surface area (Å²) in [6.07, 6.45) is 4.83. The maximum atomic E-state index is 12.6. The van der Waals surface area contributed by atoms with Crippen LogP contribution in [0.3, 0.4) is 0 Å². The molecule has 0 unspecified atom stereocenters. The van der Waals surface area contributed by atoms with E-state index in [1.165, 1.54) is 6.07 Å². The fourth-order valence-corrected chi connectivity index (χ4v) is 4.58. The van der Waals surface area contributed by atoms with Crippen molar-refractivity contribution in [3.8, 4) is 5.75 Å². The molecule has 2 aliphatic carbocycles. The molecule has 0 spiro atoms. The van der Waals surface area contributed by atoms with Gasteiger partial charge in [0.15, 0.2) is 0 Å². The van der Waals surface area contributed by atoms with Gasteiger partial charge in [0, 0.05) is 0 Å². The third-order valence-electron chi connectivity index (χ3n) is 5.79. The number of carbonyl (C=O) groups excluding carboxylic acids is 3. The van der Waals surface area contributed by atoms with E-state index in [1.54, 1.807) is 6.07 Å². The lowest BCUT2D eigenvalue weighted by molar-refractivity contribution is -0.143. The number of nitrogens with one attached hydrogen (secondary N) is 1. The monoisotopic (exact) mass is 348 g/mol. The molecule has 0 radical (unpaired) electrons. The molecule has 4 atom stereocenters. The van der Waals surface area contributed by atoms with Crippen LogP contribution in [0.1, 0.15) is 16.8 Å². The zero-order valence-electron chi connectivity index (χ0n) is 13.8. The van der Waals surface area contributed by atoms with Gasteiger partial charge in [-0.3, -0.25) is 19.8 Å². The van der Waals surface area contributed by atoms with Gasteiger partial charge in [0.05, 0.1) is 17.4 Å². The maximum Gasteiger partial charge on any atom is 0.274 e. The first-order chi connectivity index (χ1) is 12.5. The Morgan fingerprint density at radius 2 is 1.58 bits per heavy atom. The summed E-state index contributed by atoms with van der Waals surface area (Å²) in [6, 6.07) is 10.4. The standard InChI is InChI=1S/C20H16N2O4/c23-15-9-11-4-2-1-3-10(11)8-14(15)18(24)21-22-19(25)16-12-5-6-13(7-12)17(16)20(22)26/h1-6,8-9,12-13,16-17,23H,7H2,(H,21,24)/t12-,13+,16-,17+. The quantitative estimate of drug-likeness (QED) is 0.642. The van der Waals surface area contributed by atoms with Gasteiger partial charge in [-0.05, 0) is 41.2 Å². The van der Waals surface area contributed by atoms with Crippen molar-refractivity contribution in [2.75, 3.05) is 0 Å². The third kappa shape index (κ3) is 1.95. The lowest BCUT2D eigenvalue weighted by Crippen LogP contribution is -2.47. The largest absolute Gasteiger partial charge is 0.507 e. The van der Waals surface area contributed by atoms with Gasteiger partial charge in [-0.1, -0.05) is 36.4 Å². The number of carbonyl (C=O) groups is 3. The first-order valence-electron chi connectivity index (χ1n) is 8.63. The minimum Gasteiger partial charge on any atom is -0.507 e. The van der Waals surface area contributed by atoms with Gasteiger partial charge in [-0.15, -0.1) is 0 Å². The van der Waals surface area contributed by atoms with Crippen molar-refractivity contribution >= 4 is 28.5 Å². The molecule has 2 aromatic carbocycles. The van der Waals surface area contributed by atoms with Crippen molar-refractivity contribution < 1.29 is 19.5 Å². The molecule has 2 bridgehead atoms. The zero-order chi connectivity index (χ0) is 18.0. The predicted molar refractivity (Wildman–Crippen MR) is 92.6 cm³/mol. The van der Waals surface area contributed by atoms with E-state index >= 15 is 0 Å². The van der Waals surface area contributed by atoms with E-state index in [4.69, 9.17) is 0 Å². The molecule has 1 saturated heterocycles. The highest BCUT2D eigenvalue weighted by Gasteiger charge is 2.59. The molecule has 3 amide bonds. The number of phenolic OH excluding ortho intramolecular Hbond substituents is 1. The van der Waals surface area contributed by atoms with Crippen LogP contribution in [0.2, 0.25) is 0 Å². The average molecular weight is 348 g/mol. The van der Waals surface area contributed by atoms with Gasteiger partial charge in [-0.25, -0.2) is 0 Å². The Labute approximate surface area is 149 Å². The second kappa shape index (κ2) is 5.17. The fraction of sp³-hybridized carbons (Fsp3) is 0.250. The smallest absolute Gasteiger partial charge is 0.274 e.